The van der Waals surface area contributed by atoms with Crippen molar-refractivity contribution in [3.05, 3.63) is 35.4 Å². The number of carbonyl (C=O) groups excluding carboxylic acids is 1. The van der Waals surface area contributed by atoms with Crippen LogP contribution in [0, 0.1) is 0 Å². The molecule has 0 saturated carbocycles. The number of ether oxygens (including phenoxy) is 1. The van der Waals surface area contributed by atoms with Gasteiger partial charge in [-0.3, -0.25) is 4.79 Å². The van der Waals surface area contributed by atoms with Gasteiger partial charge in [0.05, 0.1) is 13.0 Å². The first-order chi connectivity index (χ1) is 9.21. The molecule has 0 radical (unpaired) electrons. The van der Waals surface area contributed by atoms with Crippen molar-refractivity contribution in [2.45, 2.75) is 58.8 Å². The van der Waals surface area contributed by atoms with E-state index in [0.29, 0.717) is 13.0 Å². The molecule has 0 aliphatic carbocycles. The van der Waals surface area contributed by atoms with Crippen LogP contribution in [0.15, 0.2) is 24.3 Å². The Hall–Kier alpha value is -1.31. The van der Waals surface area contributed by atoms with E-state index in [0.717, 1.165) is 25.7 Å². The monoisotopic (exact) mass is 262 g/mol. The number of carbonyl (C=O) groups is 1. The fraction of sp³-hybridized carbons (Fsp3) is 0.588. The Balaban J connectivity index is 2.54. The summed E-state index contributed by atoms with van der Waals surface area (Å²) in [5.41, 5.74) is 2.58. The maximum Gasteiger partial charge on any atom is 0.306 e. The van der Waals surface area contributed by atoms with Gasteiger partial charge in [0.15, 0.2) is 0 Å². The third kappa shape index (κ3) is 5.46. The molecule has 0 amide bonds. The number of hydrogen-bond acceptors (Lipinski definition) is 2. The quantitative estimate of drug-likeness (QED) is 0.510. The van der Waals surface area contributed by atoms with Gasteiger partial charge < -0.3 is 4.74 Å². The van der Waals surface area contributed by atoms with Crippen LogP contribution in [0.25, 0.3) is 0 Å². The molecule has 19 heavy (non-hydrogen) atoms. The van der Waals surface area contributed by atoms with Crippen molar-refractivity contribution < 1.29 is 9.53 Å². The molecule has 1 atom stereocenters. The summed E-state index contributed by atoms with van der Waals surface area (Å²) in [5, 5.41) is 0. The van der Waals surface area contributed by atoms with Gasteiger partial charge in [-0.1, -0.05) is 51.5 Å². The maximum atomic E-state index is 11.8. The van der Waals surface area contributed by atoms with E-state index in [2.05, 4.69) is 45.0 Å². The van der Waals surface area contributed by atoms with E-state index in [1.807, 2.05) is 0 Å². The van der Waals surface area contributed by atoms with Crippen LogP contribution in [0.4, 0.5) is 0 Å². The minimum absolute atomic E-state index is 0.0696. The molecule has 0 N–H and O–H groups in total. The zero-order valence-electron chi connectivity index (χ0n) is 12.4. The molecular formula is C17H26O2. The SMILES string of the molecule is CCCCOC(=O)CC(CC)c1ccc(CC)cc1. The number of benzene rings is 1. The summed E-state index contributed by atoms with van der Waals surface area (Å²) < 4.78 is 5.24. The highest BCUT2D eigenvalue weighted by Gasteiger charge is 2.15. The number of hydrogen-bond donors (Lipinski definition) is 0. The molecule has 1 aromatic carbocycles. The lowest BCUT2D eigenvalue weighted by molar-refractivity contribution is -0.144. The van der Waals surface area contributed by atoms with Crippen LogP contribution >= 0.6 is 0 Å². The molecule has 1 aromatic rings. The molecule has 1 rings (SSSR count). The summed E-state index contributed by atoms with van der Waals surface area (Å²) in [6.45, 7) is 6.92. The summed E-state index contributed by atoms with van der Waals surface area (Å²) in [4.78, 5) is 11.8. The molecule has 0 bridgehead atoms. The van der Waals surface area contributed by atoms with Crippen molar-refractivity contribution in [1.29, 1.82) is 0 Å². The maximum absolute atomic E-state index is 11.8. The molecule has 0 fully saturated rings. The standard InChI is InChI=1S/C17H26O2/c1-4-7-12-19-17(18)13-15(6-3)16-10-8-14(5-2)9-11-16/h8-11,15H,4-7,12-13H2,1-3H3. The smallest absolute Gasteiger partial charge is 0.306 e. The van der Waals surface area contributed by atoms with Crippen molar-refractivity contribution in [2.75, 3.05) is 6.61 Å². The summed E-state index contributed by atoms with van der Waals surface area (Å²) in [6.07, 6.45) is 4.52. The van der Waals surface area contributed by atoms with Gasteiger partial charge in [-0.25, -0.2) is 0 Å². The number of aryl methyl sites for hydroxylation is 1. The molecule has 0 spiro atoms. The van der Waals surface area contributed by atoms with E-state index in [1.165, 1.54) is 11.1 Å². The minimum atomic E-state index is -0.0696. The first-order valence-electron chi connectivity index (χ1n) is 7.45. The number of rotatable bonds is 8. The Bertz CT molecular complexity index is 367. The van der Waals surface area contributed by atoms with Crippen molar-refractivity contribution in [1.82, 2.24) is 0 Å². The molecule has 2 nitrogen and oxygen atoms in total. The van der Waals surface area contributed by atoms with Crippen LogP contribution < -0.4 is 0 Å². The predicted molar refractivity (Wildman–Crippen MR) is 79.3 cm³/mol. The highest BCUT2D eigenvalue weighted by molar-refractivity contribution is 5.70. The summed E-state index contributed by atoms with van der Waals surface area (Å²) in [7, 11) is 0. The second-order valence-electron chi connectivity index (χ2n) is 4.98. The summed E-state index contributed by atoms with van der Waals surface area (Å²) in [6, 6.07) is 8.60. The van der Waals surface area contributed by atoms with Gasteiger partial charge in [-0.15, -0.1) is 0 Å². The fourth-order valence-corrected chi connectivity index (χ4v) is 2.11. The number of unbranched alkanes of at least 4 members (excludes halogenated alkanes) is 1. The van der Waals surface area contributed by atoms with Crippen LogP contribution in [0.1, 0.15) is 63.5 Å². The van der Waals surface area contributed by atoms with E-state index in [4.69, 9.17) is 4.74 Å². The Morgan fingerprint density at radius 1 is 1.16 bits per heavy atom. The third-order valence-corrected chi connectivity index (χ3v) is 3.53. The fourth-order valence-electron chi connectivity index (χ4n) is 2.11. The van der Waals surface area contributed by atoms with Gasteiger partial charge in [-0.2, -0.15) is 0 Å². The van der Waals surface area contributed by atoms with Gasteiger partial charge in [-0.05, 0) is 36.3 Å². The van der Waals surface area contributed by atoms with Gasteiger partial charge in [0.25, 0.3) is 0 Å². The largest absolute Gasteiger partial charge is 0.466 e. The highest BCUT2D eigenvalue weighted by Crippen LogP contribution is 2.24. The predicted octanol–water partition coefficient (Wildman–Crippen LogP) is 4.48. The van der Waals surface area contributed by atoms with Gasteiger partial charge in [0, 0.05) is 0 Å². The molecule has 0 saturated heterocycles. The average molecular weight is 262 g/mol. The first kappa shape index (κ1) is 15.7. The van der Waals surface area contributed by atoms with Gasteiger partial charge >= 0.3 is 5.97 Å². The van der Waals surface area contributed by atoms with Crippen molar-refractivity contribution in [3.8, 4) is 0 Å². The summed E-state index contributed by atoms with van der Waals surface area (Å²) >= 11 is 0. The van der Waals surface area contributed by atoms with Crippen LogP contribution in [0.3, 0.4) is 0 Å². The van der Waals surface area contributed by atoms with Crippen molar-refractivity contribution in [2.24, 2.45) is 0 Å². The van der Waals surface area contributed by atoms with Crippen LogP contribution in [-0.2, 0) is 16.0 Å². The average Bonchev–Trinajstić information content (AvgIpc) is 2.45. The molecule has 0 aliphatic heterocycles. The second kappa shape index (κ2) is 8.73. The minimum Gasteiger partial charge on any atom is -0.466 e. The lowest BCUT2D eigenvalue weighted by atomic mass is 9.92. The lowest BCUT2D eigenvalue weighted by Crippen LogP contribution is -2.11. The normalized spacial score (nSPS) is 12.2. The van der Waals surface area contributed by atoms with E-state index >= 15 is 0 Å². The van der Waals surface area contributed by atoms with Crippen LogP contribution in [0.5, 0.6) is 0 Å². The Morgan fingerprint density at radius 2 is 1.84 bits per heavy atom. The van der Waals surface area contributed by atoms with E-state index < -0.39 is 0 Å². The van der Waals surface area contributed by atoms with E-state index in [9.17, 15) is 4.79 Å². The molecule has 2 heteroatoms. The zero-order chi connectivity index (χ0) is 14.1. The second-order valence-corrected chi connectivity index (χ2v) is 4.98. The van der Waals surface area contributed by atoms with Crippen LogP contribution in [0.2, 0.25) is 0 Å². The lowest BCUT2D eigenvalue weighted by Gasteiger charge is -2.15. The molecule has 0 aromatic heterocycles. The Morgan fingerprint density at radius 3 is 2.37 bits per heavy atom. The van der Waals surface area contributed by atoms with Crippen LogP contribution in [-0.4, -0.2) is 12.6 Å². The Kier molecular flexibility index (Phi) is 7.24. The van der Waals surface area contributed by atoms with E-state index in [1.54, 1.807) is 0 Å². The van der Waals surface area contributed by atoms with Crippen molar-refractivity contribution in [3.63, 3.8) is 0 Å². The first-order valence-corrected chi connectivity index (χ1v) is 7.45. The molecule has 106 valence electrons. The molecule has 0 heterocycles. The topological polar surface area (TPSA) is 26.3 Å². The molecular weight excluding hydrogens is 236 g/mol. The van der Waals surface area contributed by atoms with E-state index in [-0.39, 0.29) is 11.9 Å². The number of esters is 1. The molecule has 0 aliphatic rings. The highest BCUT2D eigenvalue weighted by atomic mass is 16.5. The Labute approximate surface area is 117 Å². The van der Waals surface area contributed by atoms with Gasteiger partial charge in [0.1, 0.15) is 0 Å². The summed E-state index contributed by atoms with van der Waals surface area (Å²) in [5.74, 6) is 0.208. The van der Waals surface area contributed by atoms with Crippen molar-refractivity contribution >= 4 is 5.97 Å². The third-order valence-electron chi connectivity index (χ3n) is 3.53. The zero-order valence-corrected chi connectivity index (χ0v) is 12.4. The molecule has 1 unspecified atom stereocenters. The van der Waals surface area contributed by atoms with Gasteiger partial charge in [0.2, 0.25) is 0 Å².